The van der Waals surface area contributed by atoms with Crippen molar-refractivity contribution in [3.05, 3.63) is 71.1 Å². The highest BCUT2D eigenvalue weighted by Crippen LogP contribution is 2.28. The summed E-state index contributed by atoms with van der Waals surface area (Å²) in [4.78, 5) is 19.1. The number of benzene rings is 2. The van der Waals surface area contributed by atoms with E-state index in [9.17, 15) is 9.18 Å². The number of fused-ring (bicyclic) bond motifs is 1. The smallest absolute Gasteiger partial charge is 0.254 e. The number of pyridine rings is 1. The van der Waals surface area contributed by atoms with Crippen molar-refractivity contribution in [3.8, 4) is 0 Å². The number of carbonyl (C=O) groups is 1. The van der Waals surface area contributed by atoms with E-state index >= 15 is 0 Å². The Kier molecular flexibility index (Phi) is 4.94. The minimum Gasteiger partial charge on any atom is -0.356 e. The number of aromatic nitrogens is 1. The van der Waals surface area contributed by atoms with Gasteiger partial charge in [-0.15, -0.1) is 0 Å². The summed E-state index contributed by atoms with van der Waals surface area (Å²) in [6, 6.07) is 13.8. The van der Waals surface area contributed by atoms with Crippen molar-refractivity contribution in [1.29, 1.82) is 0 Å². The van der Waals surface area contributed by atoms with Crippen LogP contribution in [0.1, 0.15) is 23.2 Å². The number of hydrogen-bond acceptors (Lipinski definition) is 3. The molecule has 1 fully saturated rings. The summed E-state index contributed by atoms with van der Waals surface area (Å²) in [5, 5.41) is 5.78. The van der Waals surface area contributed by atoms with Crippen LogP contribution in [0.4, 0.5) is 10.2 Å². The van der Waals surface area contributed by atoms with Gasteiger partial charge in [0.25, 0.3) is 5.91 Å². The molecule has 1 aliphatic heterocycles. The first-order chi connectivity index (χ1) is 13.1. The van der Waals surface area contributed by atoms with Crippen molar-refractivity contribution < 1.29 is 9.18 Å². The molecule has 4 nitrogen and oxygen atoms in total. The van der Waals surface area contributed by atoms with E-state index in [1.54, 1.807) is 18.3 Å². The lowest BCUT2D eigenvalue weighted by molar-refractivity contribution is 0.0927. The van der Waals surface area contributed by atoms with Crippen LogP contribution in [0, 0.1) is 5.82 Å². The van der Waals surface area contributed by atoms with Gasteiger partial charge in [-0.1, -0.05) is 23.7 Å². The fraction of sp³-hybridized carbons (Fsp3) is 0.238. The number of amides is 1. The van der Waals surface area contributed by atoms with E-state index in [2.05, 4.69) is 15.2 Å². The summed E-state index contributed by atoms with van der Waals surface area (Å²) < 4.78 is 13.8. The van der Waals surface area contributed by atoms with E-state index in [-0.39, 0.29) is 17.5 Å². The van der Waals surface area contributed by atoms with Gasteiger partial charge in [0.2, 0.25) is 0 Å². The Morgan fingerprint density at radius 1 is 1.15 bits per heavy atom. The zero-order valence-corrected chi connectivity index (χ0v) is 15.4. The van der Waals surface area contributed by atoms with Crippen molar-refractivity contribution in [3.63, 3.8) is 0 Å². The van der Waals surface area contributed by atoms with Gasteiger partial charge in [-0.2, -0.15) is 0 Å². The lowest BCUT2D eigenvalue weighted by Gasteiger charge is -2.33. The quantitative estimate of drug-likeness (QED) is 0.727. The second kappa shape index (κ2) is 7.53. The predicted molar refractivity (Wildman–Crippen MR) is 106 cm³/mol. The molecule has 0 radical (unpaired) electrons. The van der Waals surface area contributed by atoms with E-state index in [0.717, 1.165) is 42.5 Å². The summed E-state index contributed by atoms with van der Waals surface area (Å²) in [5.41, 5.74) is 0.0903. The lowest BCUT2D eigenvalue weighted by Crippen LogP contribution is -2.45. The molecule has 6 heteroatoms. The number of carbonyl (C=O) groups excluding carboxylic acids is 1. The van der Waals surface area contributed by atoms with Crippen LogP contribution in [0.15, 0.2) is 54.7 Å². The third kappa shape index (κ3) is 3.74. The van der Waals surface area contributed by atoms with E-state index in [1.165, 1.54) is 12.1 Å². The standard InChI is InChI=1S/C21H19ClFN3O/c22-15-5-6-17-14(13-15)7-10-24-20(17)26-11-8-16(9-12-26)25-21(27)18-3-1-2-4-19(18)23/h1-7,10,13,16H,8-9,11-12H2,(H,25,27). The van der Waals surface area contributed by atoms with E-state index in [0.29, 0.717) is 5.02 Å². The highest BCUT2D eigenvalue weighted by Gasteiger charge is 2.23. The van der Waals surface area contributed by atoms with Crippen LogP contribution in [-0.2, 0) is 0 Å². The maximum absolute atomic E-state index is 13.8. The molecule has 2 aromatic carbocycles. The van der Waals surface area contributed by atoms with E-state index < -0.39 is 5.82 Å². The van der Waals surface area contributed by atoms with Gasteiger partial charge in [0.05, 0.1) is 5.56 Å². The van der Waals surface area contributed by atoms with Crippen LogP contribution in [0.5, 0.6) is 0 Å². The molecule has 0 atom stereocenters. The molecule has 0 aliphatic carbocycles. The number of nitrogens with one attached hydrogen (secondary N) is 1. The fourth-order valence-corrected chi connectivity index (χ4v) is 3.71. The van der Waals surface area contributed by atoms with Crippen molar-refractivity contribution in [2.45, 2.75) is 18.9 Å². The number of hydrogen-bond donors (Lipinski definition) is 1. The summed E-state index contributed by atoms with van der Waals surface area (Å²) in [7, 11) is 0. The molecule has 3 aromatic rings. The molecule has 4 rings (SSSR count). The molecule has 0 spiro atoms. The third-order valence-electron chi connectivity index (χ3n) is 4.95. The molecule has 0 unspecified atom stereocenters. The van der Waals surface area contributed by atoms with E-state index in [4.69, 9.17) is 11.6 Å². The largest absolute Gasteiger partial charge is 0.356 e. The van der Waals surface area contributed by atoms with Gasteiger partial charge >= 0.3 is 0 Å². The number of rotatable bonds is 3. The Bertz CT molecular complexity index is 986. The fourth-order valence-electron chi connectivity index (χ4n) is 3.53. The third-order valence-corrected chi connectivity index (χ3v) is 5.19. The molecule has 0 saturated carbocycles. The summed E-state index contributed by atoms with van der Waals surface area (Å²) in [6.45, 7) is 1.55. The lowest BCUT2D eigenvalue weighted by atomic mass is 10.0. The molecular weight excluding hydrogens is 365 g/mol. The molecule has 1 N–H and O–H groups in total. The average Bonchev–Trinajstić information content (AvgIpc) is 2.68. The minimum absolute atomic E-state index is 0.0257. The van der Waals surface area contributed by atoms with Gasteiger partial charge in [-0.3, -0.25) is 4.79 Å². The van der Waals surface area contributed by atoms with Gasteiger partial charge in [0.15, 0.2) is 0 Å². The van der Waals surface area contributed by atoms with Crippen LogP contribution >= 0.6 is 11.6 Å². The summed E-state index contributed by atoms with van der Waals surface area (Å²) in [6.07, 6.45) is 3.36. The second-order valence-corrected chi connectivity index (χ2v) is 7.15. The van der Waals surface area contributed by atoms with Crippen molar-refractivity contribution in [2.24, 2.45) is 0 Å². The molecule has 1 aromatic heterocycles. The molecule has 1 saturated heterocycles. The Morgan fingerprint density at radius 2 is 1.93 bits per heavy atom. The van der Waals surface area contributed by atoms with Crippen molar-refractivity contribution in [2.75, 3.05) is 18.0 Å². The van der Waals surface area contributed by atoms with Gasteiger partial charge < -0.3 is 10.2 Å². The van der Waals surface area contributed by atoms with Gasteiger partial charge in [0, 0.05) is 35.7 Å². The van der Waals surface area contributed by atoms with E-state index in [1.807, 2.05) is 24.3 Å². The molecule has 1 aliphatic rings. The first-order valence-corrected chi connectivity index (χ1v) is 9.34. The van der Waals surface area contributed by atoms with Crippen LogP contribution in [0.3, 0.4) is 0 Å². The molecule has 27 heavy (non-hydrogen) atoms. The SMILES string of the molecule is O=C(NC1CCN(c2nccc3cc(Cl)ccc23)CC1)c1ccccc1F. The predicted octanol–water partition coefficient (Wildman–Crippen LogP) is 4.43. The minimum atomic E-state index is -0.494. The highest BCUT2D eigenvalue weighted by atomic mass is 35.5. The van der Waals surface area contributed by atoms with Crippen LogP contribution < -0.4 is 10.2 Å². The topological polar surface area (TPSA) is 45.2 Å². The summed E-state index contributed by atoms with van der Waals surface area (Å²) >= 11 is 6.09. The van der Waals surface area contributed by atoms with Crippen molar-refractivity contribution in [1.82, 2.24) is 10.3 Å². The monoisotopic (exact) mass is 383 g/mol. The molecule has 1 amide bonds. The molecule has 0 bridgehead atoms. The molecule has 138 valence electrons. The van der Waals surface area contributed by atoms with Crippen LogP contribution in [-0.4, -0.2) is 30.0 Å². The number of halogens is 2. The summed E-state index contributed by atoms with van der Waals surface area (Å²) in [5.74, 6) is 0.0820. The Labute approximate surface area is 162 Å². The Balaban J connectivity index is 1.44. The second-order valence-electron chi connectivity index (χ2n) is 6.71. The zero-order chi connectivity index (χ0) is 18.8. The number of piperidine rings is 1. The van der Waals surface area contributed by atoms with Gasteiger partial charge in [-0.25, -0.2) is 9.37 Å². The van der Waals surface area contributed by atoms with Crippen LogP contribution in [0.25, 0.3) is 10.8 Å². The van der Waals surface area contributed by atoms with Gasteiger partial charge in [-0.05, 0) is 54.6 Å². The van der Waals surface area contributed by atoms with Crippen LogP contribution in [0.2, 0.25) is 5.02 Å². The maximum atomic E-state index is 13.8. The molecular formula is C21H19ClFN3O. The average molecular weight is 384 g/mol. The van der Waals surface area contributed by atoms with Gasteiger partial charge in [0.1, 0.15) is 11.6 Å². The number of anilines is 1. The highest BCUT2D eigenvalue weighted by molar-refractivity contribution is 6.31. The molecule has 2 heterocycles. The maximum Gasteiger partial charge on any atom is 0.254 e. The number of nitrogens with zero attached hydrogens (tertiary/aromatic N) is 2. The Hall–Kier alpha value is -2.66. The first-order valence-electron chi connectivity index (χ1n) is 8.96. The normalized spacial score (nSPS) is 15.1. The Morgan fingerprint density at radius 3 is 2.70 bits per heavy atom. The first kappa shape index (κ1) is 17.7. The van der Waals surface area contributed by atoms with Crippen molar-refractivity contribution >= 4 is 34.1 Å². The zero-order valence-electron chi connectivity index (χ0n) is 14.7.